The van der Waals surface area contributed by atoms with Crippen LogP contribution in [0.15, 0.2) is 6.07 Å². The molecular formula is C12H19N5O. The minimum Gasteiger partial charge on any atom is -0.394 e. The van der Waals surface area contributed by atoms with Crippen LogP contribution in [0.5, 0.6) is 0 Å². The van der Waals surface area contributed by atoms with E-state index in [2.05, 4.69) is 9.97 Å². The van der Waals surface area contributed by atoms with Gasteiger partial charge in [0, 0.05) is 12.2 Å². The number of amidine groups is 1. The smallest absolute Gasteiger partial charge is 0.226 e. The van der Waals surface area contributed by atoms with Gasteiger partial charge in [-0.25, -0.2) is 9.97 Å². The van der Waals surface area contributed by atoms with Crippen molar-refractivity contribution < 1.29 is 5.11 Å². The molecule has 2 heterocycles. The second kappa shape index (κ2) is 5.30. The van der Waals surface area contributed by atoms with E-state index in [1.165, 1.54) is 0 Å². The summed E-state index contributed by atoms with van der Waals surface area (Å²) in [7, 11) is 0. The molecule has 1 unspecified atom stereocenters. The zero-order valence-corrected chi connectivity index (χ0v) is 10.6. The fourth-order valence-corrected chi connectivity index (χ4v) is 2.27. The molecule has 98 valence electrons. The monoisotopic (exact) mass is 249 g/mol. The highest BCUT2D eigenvalue weighted by molar-refractivity contribution is 5.93. The molecule has 1 aromatic rings. The first-order valence-corrected chi connectivity index (χ1v) is 6.19. The minimum absolute atomic E-state index is 0.0562. The molecule has 0 spiro atoms. The normalized spacial score (nSPS) is 19.9. The van der Waals surface area contributed by atoms with Gasteiger partial charge in [0.25, 0.3) is 0 Å². The first-order chi connectivity index (χ1) is 8.61. The van der Waals surface area contributed by atoms with Crippen molar-refractivity contribution in [1.82, 2.24) is 9.97 Å². The molecule has 1 aromatic heterocycles. The molecule has 4 N–H and O–H groups in total. The van der Waals surface area contributed by atoms with Gasteiger partial charge in [0.2, 0.25) is 5.95 Å². The number of aryl methyl sites for hydroxylation is 1. The Bertz CT molecular complexity index is 448. The molecule has 0 amide bonds. The maximum absolute atomic E-state index is 9.41. The summed E-state index contributed by atoms with van der Waals surface area (Å²) in [5.74, 6) is 0.512. The van der Waals surface area contributed by atoms with Crippen LogP contribution in [0.2, 0.25) is 0 Å². The Balaban J connectivity index is 2.33. The molecule has 6 heteroatoms. The molecule has 18 heavy (non-hydrogen) atoms. The Morgan fingerprint density at radius 3 is 3.00 bits per heavy atom. The number of aliphatic hydroxyl groups is 1. The van der Waals surface area contributed by atoms with Gasteiger partial charge in [-0.2, -0.15) is 0 Å². The summed E-state index contributed by atoms with van der Waals surface area (Å²) in [6.45, 7) is 2.80. The lowest BCUT2D eigenvalue weighted by molar-refractivity contribution is 0.238. The molecule has 2 rings (SSSR count). The zero-order valence-electron chi connectivity index (χ0n) is 10.6. The molecule has 0 bridgehead atoms. The Kier molecular flexibility index (Phi) is 3.76. The minimum atomic E-state index is -0.0562. The van der Waals surface area contributed by atoms with Crippen molar-refractivity contribution in [3.63, 3.8) is 0 Å². The van der Waals surface area contributed by atoms with E-state index in [9.17, 15) is 5.11 Å². The maximum Gasteiger partial charge on any atom is 0.226 e. The molecule has 1 fully saturated rings. The maximum atomic E-state index is 9.41. The molecule has 1 aliphatic rings. The van der Waals surface area contributed by atoms with E-state index in [4.69, 9.17) is 11.1 Å². The van der Waals surface area contributed by atoms with Crippen LogP contribution in [0.3, 0.4) is 0 Å². The molecule has 0 aliphatic carbocycles. The number of hydrogen-bond donors (Lipinski definition) is 3. The summed E-state index contributed by atoms with van der Waals surface area (Å²) in [5, 5.41) is 16.9. The SMILES string of the molecule is Cc1cc(C(=N)N)nc(N2CCCCC2CO)n1. The summed E-state index contributed by atoms with van der Waals surface area (Å²) in [6, 6.07) is 1.77. The number of piperidine rings is 1. The van der Waals surface area contributed by atoms with Crippen LogP contribution in [-0.4, -0.2) is 40.1 Å². The van der Waals surface area contributed by atoms with Crippen molar-refractivity contribution in [1.29, 1.82) is 5.41 Å². The number of anilines is 1. The van der Waals surface area contributed by atoms with Crippen LogP contribution < -0.4 is 10.6 Å². The molecule has 1 atom stereocenters. The first kappa shape index (κ1) is 12.8. The van der Waals surface area contributed by atoms with Crippen molar-refractivity contribution in [3.8, 4) is 0 Å². The van der Waals surface area contributed by atoms with Gasteiger partial charge in [-0.1, -0.05) is 0 Å². The standard InChI is InChI=1S/C12H19N5O/c1-8-6-10(11(13)14)16-12(15-8)17-5-3-2-4-9(17)7-18/h6,9,18H,2-5,7H2,1H3,(H3,13,14). The van der Waals surface area contributed by atoms with Crippen LogP contribution in [-0.2, 0) is 0 Å². The van der Waals surface area contributed by atoms with Gasteiger partial charge < -0.3 is 15.7 Å². The van der Waals surface area contributed by atoms with E-state index in [1.807, 2.05) is 11.8 Å². The number of rotatable bonds is 3. The Labute approximate surface area is 106 Å². The Hall–Kier alpha value is -1.69. The molecular weight excluding hydrogens is 230 g/mol. The van der Waals surface area contributed by atoms with Crippen molar-refractivity contribution in [2.24, 2.45) is 5.73 Å². The number of nitrogens with two attached hydrogens (primary N) is 1. The van der Waals surface area contributed by atoms with E-state index in [0.29, 0.717) is 11.6 Å². The average molecular weight is 249 g/mol. The second-order valence-corrected chi connectivity index (χ2v) is 4.63. The van der Waals surface area contributed by atoms with Crippen LogP contribution in [0.25, 0.3) is 0 Å². The number of aromatic nitrogens is 2. The van der Waals surface area contributed by atoms with Crippen molar-refractivity contribution in [2.45, 2.75) is 32.2 Å². The summed E-state index contributed by atoms with van der Waals surface area (Å²) in [4.78, 5) is 10.7. The van der Waals surface area contributed by atoms with Gasteiger partial charge in [0.15, 0.2) is 0 Å². The molecule has 1 aliphatic heterocycles. The number of nitrogens with one attached hydrogen (secondary N) is 1. The quantitative estimate of drug-likeness (QED) is 0.532. The topological polar surface area (TPSA) is 99.1 Å². The van der Waals surface area contributed by atoms with E-state index < -0.39 is 0 Å². The van der Waals surface area contributed by atoms with Crippen LogP contribution in [0.4, 0.5) is 5.95 Å². The lowest BCUT2D eigenvalue weighted by Crippen LogP contribution is -2.43. The number of nitrogen functional groups attached to an aromatic ring is 1. The van der Waals surface area contributed by atoms with Crippen molar-refractivity contribution in [2.75, 3.05) is 18.1 Å². The average Bonchev–Trinajstić information content (AvgIpc) is 2.38. The molecule has 6 nitrogen and oxygen atoms in total. The zero-order chi connectivity index (χ0) is 13.1. The van der Waals surface area contributed by atoms with Crippen molar-refractivity contribution >= 4 is 11.8 Å². The summed E-state index contributed by atoms with van der Waals surface area (Å²) < 4.78 is 0. The lowest BCUT2D eigenvalue weighted by Gasteiger charge is -2.34. The number of nitrogens with zero attached hydrogens (tertiary/aromatic N) is 3. The number of hydrogen-bond acceptors (Lipinski definition) is 5. The highest BCUT2D eigenvalue weighted by Crippen LogP contribution is 2.22. The van der Waals surface area contributed by atoms with E-state index >= 15 is 0 Å². The van der Waals surface area contributed by atoms with Gasteiger partial charge in [0.05, 0.1) is 12.6 Å². The third kappa shape index (κ3) is 2.59. The van der Waals surface area contributed by atoms with Crippen LogP contribution in [0, 0.1) is 12.3 Å². The van der Waals surface area contributed by atoms with Gasteiger partial charge in [-0.15, -0.1) is 0 Å². The molecule has 0 saturated carbocycles. The largest absolute Gasteiger partial charge is 0.394 e. The van der Waals surface area contributed by atoms with E-state index in [0.717, 1.165) is 31.5 Å². The predicted molar refractivity (Wildman–Crippen MR) is 69.9 cm³/mol. The lowest BCUT2D eigenvalue weighted by atomic mass is 10.0. The summed E-state index contributed by atoms with van der Waals surface area (Å²) >= 11 is 0. The van der Waals surface area contributed by atoms with Crippen LogP contribution in [0.1, 0.15) is 30.7 Å². The van der Waals surface area contributed by atoms with Gasteiger partial charge in [-0.05, 0) is 32.3 Å². The third-order valence-corrected chi connectivity index (χ3v) is 3.21. The Morgan fingerprint density at radius 2 is 2.33 bits per heavy atom. The molecule has 0 aromatic carbocycles. The van der Waals surface area contributed by atoms with Gasteiger partial charge in [-0.3, -0.25) is 5.41 Å². The molecule has 1 saturated heterocycles. The number of aliphatic hydroxyl groups excluding tert-OH is 1. The van der Waals surface area contributed by atoms with E-state index in [-0.39, 0.29) is 18.5 Å². The second-order valence-electron chi connectivity index (χ2n) is 4.63. The van der Waals surface area contributed by atoms with Crippen LogP contribution >= 0.6 is 0 Å². The van der Waals surface area contributed by atoms with E-state index in [1.54, 1.807) is 6.07 Å². The van der Waals surface area contributed by atoms with Gasteiger partial charge >= 0.3 is 0 Å². The fourth-order valence-electron chi connectivity index (χ4n) is 2.27. The summed E-state index contributed by atoms with van der Waals surface area (Å²) in [6.07, 6.45) is 3.14. The Morgan fingerprint density at radius 1 is 1.56 bits per heavy atom. The van der Waals surface area contributed by atoms with Gasteiger partial charge in [0.1, 0.15) is 11.5 Å². The first-order valence-electron chi connectivity index (χ1n) is 6.19. The third-order valence-electron chi connectivity index (χ3n) is 3.21. The summed E-state index contributed by atoms with van der Waals surface area (Å²) in [5.41, 5.74) is 6.70. The molecule has 0 radical (unpaired) electrons. The van der Waals surface area contributed by atoms with Crippen molar-refractivity contribution in [3.05, 3.63) is 17.5 Å². The highest BCUT2D eigenvalue weighted by atomic mass is 16.3. The predicted octanol–water partition coefficient (Wildman–Crippen LogP) is 0.420. The highest BCUT2D eigenvalue weighted by Gasteiger charge is 2.24. The fraction of sp³-hybridized carbons (Fsp3) is 0.583.